The summed E-state index contributed by atoms with van der Waals surface area (Å²) in [5.74, 6) is 2.01. The Morgan fingerprint density at radius 1 is 1.17 bits per heavy atom. The highest BCUT2D eigenvalue weighted by molar-refractivity contribution is 7.98. The molecule has 0 spiro atoms. The van der Waals surface area contributed by atoms with Crippen molar-refractivity contribution in [2.24, 2.45) is 0 Å². The number of aryl methyl sites for hydroxylation is 2. The molecule has 0 N–H and O–H groups in total. The molecular weight excluding hydrogens is 346 g/mol. The van der Waals surface area contributed by atoms with E-state index in [2.05, 4.69) is 26.2 Å². The normalized spacial score (nSPS) is 10.6. The zero-order chi connectivity index (χ0) is 17.1. The second-order valence-corrected chi connectivity index (χ2v) is 6.36. The fourth-order valence-electron chi connectivity index (χ4n) is 2.07. The first-order valence-corrected chi connectivity index (χ1v) is 8.40. The molecule has 3 aromatic rings. The molecule has 0 unspecified atom stereocenters. The first kappa shape index (κ1) is 16.4. The number of hydrogen-bond acceptors (Lipinski definition) is 7. The minimum absolute atomic E-state index is 0.422. The van der Waals surface area contributed by atoms with Gasteiger partial charge < -0.3 is 4.52 Å². The van der Waals surface area contributed by atoms with Crippen LogP contribution in [0.25, 0.3) is 11.4 Å². The number of benzene rings is 1. The van der Waals surface area contributed by atoms with Crippen molar-refractivity contribution >= 4 is 23.4 Å². The summed E-state index contributed by atoms with van der Waals surface area (Å²) < 4.78 is 5.26. The number of thioether (sulfide) groups is 1. The van der Waals surface area contributed by atoms with Gasteiger partial charge in [0.1, 0.15) is 22.5 Å². The van der Waals surface area contributed by atoms with Crippen LogP contribution in [-0.4, -0.2) is 20.1 Å². The van der Waals surface area contributed by atoms with Crippen LogP contribution in [-0.2, 0) is 5.75 Å². The van der Waals surface area contributed by atoms with Crippen molar-refractivity contribution in [3.63, 3.8) is 0 Å². The number of aromatic nitrogens is 4. The Morgan fingerprint density at radius 3 is 2.62 bits per heavy atom. The molecule has 3 rings (SSSR count). The lowest BCUT2D eigenvalue weighted by Gasteiger charge is -2.04. The summed E-state index contributed by atoms with van der Waals surface area (Å²) in [6.07, 6.45) is 0. The van der Waals surface area contributed by atoms with Crippen LogP contribution in [0.1, 0.15) is 23.0 Å². The smallest absolute Gasteiger partial charge is 0.237 e. The topological polar surface area (TPSA) is 88.5 Å². The summed E-state index contributed by atoms with van der Waals surface area (Å²) in [5.41, 5.74) is 1.97. The van der Waals surface area contributed by atoms with Gasteiger partial charge in [0.05, 0.1) is 11.4 Å². The second kappa shape index (κ2) is 6.99. The molecule has 120 valence electrons. The number of rotatable bonds is 4. The molecule has 6 nitrogen and oxygen atoms in total. The van der Waals surface area contributed by atoms with E-state index in [1.54, 1.807) is 26.0 Å². The van der Waals surface area contributed by atoms with Crippen molar-refractivity contribution in [2.45, 2.75) is 24.6 Å². The van der Waals surface area contributed by atoms with Gasteiger partial charge in [0.2, 0.25) is 11.7 Å². The van der Waals surface area contributed by atoms with Crippen molar-refractivity contribution in [3.05, 3.63) is 52.3 Å². The molecule has 0 bridgehead atoms. The van der Waals surface area contributed by atoms with E-state index in [1.165, 1.54) is 11.8 Å². The van der Waals surface area contributed by atoms with E-state index in [1.807, 2.05) is 12.1 Å². The number of halogens is 1. The van der Waals surface area contributed by atoms with Gasteiger partial charge in [-0.15, -0.1) is 0 Å². The van der Waals surface area contributed by atoms with Gasteiger partial charge >= 0.3 is 0 Å². The highest BCUT2D eigenvalue weighted by atomic mass is 35.5. The lowest BCUT2D eigenvalue weighted by Crippen LogP contribution is -1.99. The van der Waals surface area contributed by atoms with E-state index >= 15 is 0 Å². The molecule has 8 heteroatoms. The maximum atomic E-state index is 9.26. The predicted octanol–water partition coefficient (Wildman–Crippen LogP) is 3.96. The van der Waals surface area contributed by atoms with Crippen molar-refractivity contribution in [1.29, 1.82) is 5.26 Å². The Kier molecular flexibility index (Phi) is 4.79. The van der Waals surface area contributed by atoms with Gasteiger partial charge in [-0.1, -0.05) is 28.5 Å². The standard InChI is InChI=1S/C16H12ClN5OS/c1-9-13(7-18)16(20-10(2)19-9)24-8-14-21-15(22-23-14)11-3-5-12(17)6-4-11/h3-6H,8H2,1-2H3. The zero-order valence-electron chi connectivity index (χ0n) is 12.9. The van der Waals surface area contributed by atoms with E-state index in [0.29, 0.717) is 44.6 Å². The molecule has 1 aromatic carbocycles. The van der Waals surface area contributed by atoms with Gasteiger partial charge in [-0.25, -0.2) is 9.97 Å². The third kappa shape index (κ3) is 3.55. The highest BCUT2D eigenvalue weighted by Gasteiger charge is 2.14. The molecule has 0 aliphatic heterocycles. The first-order chi connectivity index (χ1) is 11.6. The zero-order valence-corrected chi connectivity index (χ0v) is 14.5. The molecular formula is C16H12ClN5OS. The minimum Gasteiger partial charge on any atom is -0.338 e. The summed E-state index contributed by atoms with van der Waals surface area (Å²) >= 11 is 7.24. The van der Waals surface area contributed by atoms with E-state index in [9.17, 15) is 5.26 Å². The van der Waals surface area contributed by atoms with E-state index in [-0.39, 0.29) is 0 Å². The van der Waals surface area contributed by atoms with Crippen LogP contribution in [0, 0.1) is 25.2 Å². The molecule has 0 aliphatic carbocycles. The van der Waals surface area contributed by atoms with Gasteiger partial charge in [0, 0.05) is 10.6 Å². The van der Waals surface area contributed by atoms with E-state index < -0.39 is 0 Å². The fraction of sp³-hybridized carbons (Fsp3) is 0.188. The Labute approximate surface area is 147 Å². The molecule has 0 fully saturated rings. The Hall–Kier alpha value is -2.43. The highest BCUT2D eigenvalue weighted by Crippen LogP contribution is 2.26. The lowest BCUT2D eigenvalue weighted by molar-refractivity contribution is 0.391. The average Bonchev–Trinajstić information content (AvgIpc) is 3.02. The Morgan fingerprint density at radius 2 is 1.92 bits per heavy atom. The molecule has 2 heterocycles. The monoisotopic (exact) mass is 357 g/mol. The van der Waals surface area contributed by atoms with E-state index in [4.69, 9.17) is 16.1 Å². The summed E-state index contributed by atoms with van der Waals surface area (Å²) in [5, 5.41) is 14.5. The molecule has 0 saturated heterocycles. The summed E-state index contributed by atoms with van der Waals surface area (Å²) in [6.45, 7) is 3.59. The third-order valence-electron chi connectivity index (χ3n) is 3.18. The molecule has 0 atom stereocenters. The second-order valence-electron chi connectivity index (χ2n) is 4.96. The quantitative estimate of drug-likeness (QED) is 0.515. The molecule has 2 aromatic heterocycles. The van der Waals surface area contributed by atoms with Crippen molar-refractivity contribution in [2.75, 3.05) is 0 Å². The van der Waals surface area contributed by atoms with Crippen LogP contribution in [0.15, 0.2) is 33.8 Å². The number of nitrogens with zero attached hydrogens (tertiary/aromatic N) is 5. The predicted molar refractivity (Wildman–Crippen MR) is 90.5 cm³/mol. The molecule has 0 aliphatic rings. The first-order valence-electron chi connectivity index (χ1n) is 7.03. The number of nitriles is 1. The van der Waals surface area contributed by atoms with Crippen LogP contribution < -0.4 is 0 Å². The maximum absolute atomic E-state index is 9.26. The van der Waals surface area contributed by atoms with Gasteiger partial charge in [0.25, 0.3) is 0 Å². The van der Waals surface area contributed by atoms with E-state index in [0.717, 1.165) is 5.56 Å². The fourth-order valence-corrected chi connectivity index (χ4v) is 3.11. The summed E-state index contributed by atoms with van der Waals surface area (Å²) in [6, 6.07) is 9.34. The summed E-state index contributed by atoms with van der Waals surface area (Å²) in [4.78, 5) is 12.9. The van der Waals surface area contributed by atoms with Gasteiger partial charge in [-0.3, -0.25) is 0 Å². The molecule has 0 radical (unpaired) electrons. The lowest BCUT2D eigenvalue weighted by atomic mass is 10.2. The van der Waals surface area contributed by atoms with Crippen LogP contribution in [0.2, 0.25) is 5.02 Å². The van der Waals surface area contributed by atoms with Crippen LogP contribution in [0.3, 0.4) is 0 Å². The Balaban J connectivity index is 1.77. The van der Waals surface area contributed by atoms with Crippen molar-refractivity contribution < 1.29 is 4.52 Å². The molecule has 24 heavy (non-hydrogen) atoms. The van der Waals surface area contributed by atoms with Gasteiger partial charge in [-0.05, 0) is 38.1 Å². The van der Waals surface area contributed by atoms with Gasteiger partial charge in [-0.2, -0.15) is 10.2 Å². The van der Waals surface area contributed by atoms with Crippen LogP contribution in [0.5, 0.6) is 0 Å². The van der Waals surface area contributed by atoms with Crippen molar-refractivity contribution in [1.82, 2.24) is 20.1 Å². The maximum Gasteiger partial charge on any atom is 0.237 e. The third-order valence-corrected chi connectivity index (χ3v) is 4.40. The SMILES string of the molecule is Cc1nc(C)c(C#N)c(SCc2nc(-c3ccc(Cl)cc3)no2)n1. The Bertz CT molecular complexity index is 917. The molecule has 0 amide bonds. The minimum atomic E-state index is 0.422. The number of hydrogen-bond donors (Lipinski definition) is 0. The van der Waals surface area contributed by atoms with Gasteiger partial charge in [0.15, 0.2) is 0 Å². The van der Waals surface area contributed by atoms with Crippen molar-refractivity contribution in [3.8, 4) is 17.5 Å². The molecule has 0 saturated carbocycles. The average molecular weight is 358 g/mol. The van der Waals surface area contributed by atoms with Crippen LogP contribution in [0.4, 0.5) is 0 Å². The summed E-state index contributed by atoms with van der Waals surface area (Å²) in [7, 11) is 0. The largest absolute Gasteiger partial charge is 0.338 e. The van der Waals surface area contributed by atoms with Crippen LogP contribution >= 0.6 is 23.4 Å².